The van der Waals surface area contributed by atoms with Gasteiger partial charge in [-0.15, -0.1) is 0 Å². The summed E-state index contributed by atoms with van der Waals surface area (Å²) in [5, 5.41) is 2.76. The van der Waals surface area contributed by atoms with Gasteiger partial charge in [-0.05, 0) is 43.3 Å². The summed E-state index contributed by atoms with van der Waals surface area (Å²) in [6.45, 7) is 1.80. The Hall–Kier alpha value is -2.00. The third kappa shape index (κ3) is 5.25. The molecule has 1 amide bonds. The van der Waals surface area contributed by atoms with Crippen molar-refractivity contribution in [2.24, 2.45) is 0 Å². The first-order valence-corrected chi connectivity index (χ1v) is 9.47. The fourth-order valence-electron chi connectivity index (χ4n) is 2.21. The lowest BCUT2D eigenvalue weighted by Gasteiger charge is -2.14. The van der Waals surface area contributed by atoms with Gasteiger partial charge in [0.2, 0.25) is 10.0 Å². The number of benzene rings is 2. The molecule has 2 aromatic carbocycles. The van der Waals surface area contributed by atoms with Crippen molar-refractivity contribution < 1.29 is 22.3 Å². The number of ether oxygens (including phenoxy) is 1. The van der Waals surface area contributed by atoms with Crippen LogP contribution in [-0.4, -0.2) is 34.1 Å². The van der Waals surface area contributed by atoms with Crippen LogP contribution in [0.15, 0.2) is 47.4 Å². The van der Waals surface area contributed by atoms with Crippen molar-refractivity contribution in [3.8, 4) is 0 Å². The Bertz CT molecular complexity index is 905. The molecule has 0 aliphatic carbocycles. The van der Waals surface area contributed by atoms with Crippen molar-refractivity contribution in [1.29, 1.82) is 0 Å². The summed E-state index contributed by atoms with van der Waals surface area (Å²) >= 11 is 5.82. The van der Waals surface area contributed by atoms with Crippen molar-refractivity contribution >= 4 is 33.2 Å². The van der Waals surface area contributed by atoms with E-state index < -0.39 is 27.8 Å². The van der Waals surface area contributed by atoms with E-state index in [1.54, 1.807) is 19.1 Å². The monoisotopic (exact) mass is 400 g/mol. The minimum absolute atomic E-state index is 0.140. The molecule has 0 saturated carbocycles. The summed E-state index contributed by atoms with van der Waals surface area (Å²) in [5.41, 5.74) is 0.113. The maximum atomic E-state index is 14.3. The SMILES string of the molecule is COCC(C)NS(=O)(=O)c1ccc(NC(=O)c2cccc(Cl)c2)c(F)c1. The number of methoxy groups -OCH3 is 1. The highest BCUT2D eigenvalue weighted by Gasteiger charge is 2.19. The maximum Gasteiger partial charge on any atom is 0.255 e. The van der Waals surface area contributed by atoms with Gasteiger partial charge in [0.05, 0.1) is 17.2 Å². The first-order chi connectivity index (χ1) is 12.2. The van der Waals surface area contributed by atoms with Gasteiger partial charge in [-0.25, -0.2) is 17.5 Å². The van der Waals surface area contributed by atoms with Gasteiger partial charge in [-0.1, -0.05) is 17.7 Å². The van der Waals surface area contributed by atoms with Crippen molar-refractivity contribution in [2.45, 2.75) is 17.9 Å². The highest BCUT2D eigenvalue weighted by Crippen LogP contribution is 2.20. The Labute approximate surface area is 156 Å². The standard InChI is InChI=1S/C17H18ClFN2O4S/c1-11(10-25-2)21-26(23,24)14-6-7-16(15(19)9-14)20-17(22)12-4-3-5-13(18)8-12/h3-9,11,21H,10H2,1-2H3,(H,20,22). The molecule has 26 heavy (non-hydrogen) atoms. The smallest absolute Gasteiger partial charge is 0.255 e. The minimum atomic E-state index is -3.91. The summed E-state index contributed by atoms with van der Waals surface area (Å²) in [4.78, 5) is 11.9. The summed E-state index contributed by atoms with van der Waals surface area (Å²) in [6.07, 6.45) is 0. The number of amides is 1. The van der Waals surface area contributed by atoms with Crippen LogP contribution in [0.4, 0.5) is 10.1 Å². The second-order valence-corrected chi connectivity index (χ2v) is 7.73. The topological polar surface area (TPSA) is 84.5 Å². The Morgan fingerprint density at radius 3 is 2.62 bits per heavy atom. The van der Waals surface area contributed by atoms with Crippen LogP contribution in [0.1, 0.15) is 17.3 Å². The van der Waals surface area contributed by atoms with Crippen LogP contribution in [0.25, 0.3) is 0 Å². The lowest BCUT2D eigenvalue weighted by molar-refractivity contribution is 0.102. The van der Waals surface area contributed by atoms with Crippen molar-refractivity contribution in [1.82, 2.24) is 4.72 Å². The molecule has 2 aromatic rings. The van der Waals surface area contributed by atoms with Crippen molar-refractivity contribution in [3.63, 3.8) is 0 Å². The average molecular weight is 401 g/mol. The van der Waals surface area contributed by atoms with E-state index in [9.17, 15) is 17.6 Å². The van der Waals surface area contributed by atoms with Gasteiger partial charge in [0.15, 0.2) is 0 Å². The van der Waals surface area contributed by atoms with Crippen LogP contribution in [0.5, 0.6) is 0 Å². The number of halogens is 2. The zero-order valence-corrected chi connectivity index (χ0v) is 15.7. The number of carbonyl (C=O) groups excluding carboxylic acids is 1. The van der Waals surface area contributed by atoms with Crippen molar-refractivity contribution in [3.05, 3.63) is 58.9 Å². The lowest BCUT2D eigenvalue weighted by Crippen LogP contribution is -2.35. The number of hydrogen-bond acceptors (Lipinski definition) is 4. The molecule has 0 radical (unpaired) electrons. The van der Waals surface area contributed by atoms with Crippen LogP contribution in [-0.2, 0) is 14.8 Å². The molecule has 0 aliphatic heterocycles. The molecular weight excluding hydrogens is 383 g/mol. The van der Waals surface area contributed by atoms with E-state index >= 15 is 0 Å². The minimum Gasteiger partial charge on any atom is -0.383 e. The fraction of sp³-hybridized carbons (Fsp3) is 0.235. The Balaban J connectivity index is 2.18. The fourth-order valence-corrected chi connectivity index (χ4v) is 3.64. The zero-order chi connectivity index (χ0) is 19.3. The Morgan fingerprint density at radius 2 is 2.00 bits per heavy atom. The number of sulfonamides is 1. The molecule has 0 spiro atoms. The largest absolute Gasteiger partial charge is 0.383 e. The number of nitrogens with one attached hydrogen (secondary N) is 2. The molecule has 2 N–H and O–H groups in total. The zero-order valence-electron chi connectivity index (χ0n) is 14.1. The number of anilines is 1. The summed E-state index contributed by atoms with van der Waals surface area (Å²) in [5.74, 6) is -1.43. The van der Waals surface area contributed by atoms with Gasteiger partial charge < -0.3 is 10.1 Å². The first kappa shape index (κ1) is 20.3. The third-order valence-corrected chi connectivity index (χ3v) is 5.18. The molecule has 0 aliphatic rings. The van der Waals surface area contributed by atoms with Crippen LogP contribution in [0, 0.1) is 5.82 Å². The Morgan fingerprint density at radius 1 is 1.27 bits per heavy atom. The second kappa shape index (κ2) is 8.59. The van der Waals surface area contributed by atoms with Gasteiger partial charge in [0.25, 0.3) is 5.91 Å². The molecule has 0 saturated heterocycles. The van der Waals surface area contributed by atoms with Crippen molar-refractivity contribution in [2.75, 3.05) is 19.0 Å². The van der Waals surface area contributed by atoms with E-state index in [4.69, 9.17) is 16.3 Å². The molecule has 1 unspecified atom stereocenters. The lowest BCUT2D eigenvalue weighted by atomic mass is 10.2. The molecule has 2 rings (SSSR count). The maximum absolute atomic E-state index is 14.3. The highest BCUT2D eigenvalue weighted by atomic mass is 35.5. The molecular formula is C17H18ClFN2O4S. The van der Waals surface area contributed by atoms with Gasteiger partial charge in [-0.2, -0.15) is 0 Å². The van der Waals surface area contributed by atoms with E-state index in [1.807, 2.05) is 0 Å². The predicted octanol–water partition coefficient (Wildman–Crippen LogP) is 3.04. The quantitative estimate of drug-likeness (QED) is 0.748. The Kier molecular flexibility index (Phi) is 6.71. The summed E-state index contributed by atoms with van der Waals surface area (Å²) < 4.78 is 46.0. The van der Waals surface area contributed by atoms with Crippen LogP contribution < -0.4 is 10.0 Å². The van der Waals surface area contributed by atoms with Gasteiger partial charge in [-0.3, -0.25) is 4.79 Å². The highest BCUT2D eigenvalue weighted by molar-refractivity contribution is 7.89. The number of carbonyl (C=O) groups is 1. The van der Waals surface area contributed by atoms with Gasteiger partial charge in [0.1, 0.15) is 5.82 Å². The second-order valence-electron chi connectivity index (χ2n) is 5.58. The van der Waals surface area contributed by atoms with E-state index in [2.05, 4.69) is 10.0 Å². The molecule has 0 heterocycles. The summed E-state index contributed by atoms with van der Waals surface area (Å²) in [7, 11) is -2.46. The van der Waals surface area contributed by atoms with Crippen LogP contribution >= 0.6 is 11.6 Å². The van der Waals surface area contributed by atoms with E-state index in [0.29, 0.717) is 5.02 Å². The predicted molar refractivity (Wildman–Crippen MR) is 97.5 cm³/mol. The number of hydrogen-bond donors (Lipinski definition) is 2. The average Bonchev–Trinajstić information content (AvgIpc) is 2.56. The van der Waals surface area contributed by atoms with Crippen LogP contribution in [0.2, 0.25) is 5.02 Å². The molecule has 0 bridgehead atoms. The van der Waals surface area contributed by atoms with E-state index in [0.717, 1.165) is 6.07 Å². The summed E-state index contributed by atoms with van der Waals surface area (Å²) in [6, 6.07) is 8.93. The molecule has 9 heteroatoms. The first-order valence-electron chi connectivity index (χ1n) is 7.60. The van der Waals surface area contributed by atoms with Gasteiger partial charge in [0, 0.05) is 23.7 Å². The molecule has 6 nitrogen and oxygen atoms in total. The molecule has 0 fully saturated rings. The van der Waals surface area contributed by atoms with E-state index in [1.165, 1.54) is 31.4 Å². The molecule has 140 valence electrons. The van der Waals surface area contributed by atoms with Gasteiger partial charge >= 0.3 is 0 Å². The third-order valence-electron chi connectivity index (χ3n) is 3.36. The van der Waals surface area contributed by atoms with Crippen LogP contribution in [0.3, 0.4) is 0 Å². The molecule has 0 aromatic heterocycles. The van der Waals surface area contributed by atoms with E-state index in [-0.39, 0.29) is 22.8 Å². The normalized spacial score (nSPS) is 12.6. The number of rotatable bonds is 7. The molecule has 1 atom stereocenters.